The van der Waals surface area contributed by atoms with Crippen molar-refractivity contribution >= 4 is 17.8 Å². The Morgan fingerprint density at radius 1 is 1.47 bits per heavy atom. The summed E-state index contributed by atoms with van der Waals surface area (Å²) in [7, 11) is 2.64. The summed E-state index contributed by atoms with van der Waals surface area (Å²) in [6.07, 6.45) is 3.02. The van der Waals surface area contributed by atoms with Crippen molar-refractivity contribution in [3.63, 3.8) is 0 Å². The van der Waals surface area contributed by atoms with Crippen LogP contribution in [-0.2, 0) is 14.3 Å². The number of furan rings is 1. The maximum absolute atomic E-state index is 11.3. The lowest BCUT2D eigenvalue weighted by Crippen LogP contribution is -2.05. The summed E-state index contributed by atoms with van der Waals surface area (Å²) in [5, 5.41) is 0. The third-order valence-electron chi connectivity index (χ3n) is 1.73. The Bertz CT molecular complexity index is 388. The van der Waals surface area contributed by atoms with Crippen molar-refractivity contribution in [2.45, 2.75) is 0 Å². The second kappa shape index (κ2) is 4.99. The molecule has 1 heterocycles. The van der Waals surface area contributed by atoms with Gasteiger partial charge in [-0.05, 0) is 6.07 Å². The predicted octanol–water partition coefficient (Wildman–Crippen LogP) is 1.25. The van der Waals surface area contributed by atoms with Crippen LogP contribution in [0.1, 0.15) is 16.1 Å². The van der Waals surface area contributed by atoms with Crippen molar-refractivity contribution in [3.05, 3.63) is 29.9 Å². The van der Waals surface area contributed by atoms with Crippen LogP contribution in [0.15, 0.2) is 23.0 Å². The first-order valence-electron chi connectivity index (χ1n) is 4.09. The van der Waals surface area contributed by atoms with Crippen LogP contribution in [0.3, 0.4) is 0 Å². The third-order valence-corrected chi connectivity index (χ3v) is 1.73. The molecule has 0 N–H and O–H groups in total. The van der Waals surface area contributed by atoms with Crippen molar-refractivity contribution in [3.8, 4) is 0 Å². The van der Waals surface area contributed by atoms with Crippen LogP contribution >= 0.6 is 0 Å². The number of hydrogen-bond acceptors (Lipinski definition) is 5. The lowest BCUT2D eigenvalue weighted by molar-refractivity contribution is -0.133. The van der Waals surface area contributed by atoms with Gasteiger partial charge in [0.1, 0.15) is 5.57 Å². The summed E-state index contributed by atoms with van der Waals surface area (Å²) < 4.78 is 14.1. The molecule has 0 spiro atoms. The highest BCUT2D eigenvalue weighted by atomic mass is 16.5. The van der Waals surface area contributed by atoms with Gasteiger partial charge in [0.15, 0.2) is 12.0 Å². The molecule has 0 atom stereocenters. The number of esters is 1. The Hall–Kier alpha value is -2.04. The number of rotatable bonds is 4. The fraction of sp³-hybridized carbons (Fsp3) is 0.200. The van der Waals surface area contributed by atoms with Crippen LogP contribution < -0.4 is 0 Å². The molecule has 0 saturated carbocycles. The van der Waals surface area contributed by atoms with Gasteiger partial charge in [0.2, 0.25) is 0 Å². The number of carbonyl (C=O) groups is 2. The number of hydrogen-bond donors (Lipinski definition) is 0. The monoisotopic (exact) mass is 210 g/mol. The summed E-state index contributed by atoms with van der Waals surface area (Å²) in [5.74, 6) is -0.537. The summed E-state index contributed by atoms with van der Waals surface area (Å²) in [6, 6.07) is 1.49. The number of carbonyl (C=O) groups excluding carboxylic acids is 2. The smallest absolute Gasteiger partial charge is 0.341 e. The van der Waals surface area contributed by atoms with E-state index in [0.29, 0.717) is 11.8 Å². The molecule has 5 heteroatoms. The van der Waals surface area contributed by atoms with Gasteiger partial charge in [-0.3, -0.25) is 4.79 Å². The molecule has 0 bridgehead atoms. The molecule has 80 valence electrons. The van der Waals surface area contributed by atoms with E-state index in [2.05, 4.69) is 4.74 Å². The average Bonchev–Trinajstić information content (AvgIpc) is 2.72. The second-order valence-corrected chi connectivity index (χ2v) is 2.58. The summed E-state index contributed by atoms with van der Waals surface area (Å²) >= 11 is 0. The van der Waals surface area contributed by atoms with Gasteiger partial charge in [-0.25, -0.2) is 4.79 Å². The van der Waals surface area contributed by atoms with Crippen LogP contribution in [0.5, 0.6) is 0 Å². The molecule has 0 aliphatic carbocycles. The molecule has 1 aromatic heterocycles. The second-order valence-electron chi connectivity index (χ2n) is 2.58. The van der Waals surface area contributed by atoms with Gasteiger partial charge in [0.25, 0.3) is 0 Å². The molecule has 1 rings (SSSR count). The molecular formula is C10H10O5. The standard InChI is InChI=1S/C10H10O5/c1-13-6-8(10(12)14-2)7-3-4-15-9(7)5-11/h3-6H,1-2H3/b8-6-. The van der Waals surface area contributed by atoms with Gasteiger partial charge < -0.3 is 13.9 Å². The molecular weight excluding hydrogens is 200 g/mol. The topological polar surface area (TPSA) is 65.7 Å². The van der Waals surface area contributed by atoms with Gasteiger partial charge >= 0.3 is 5.97 Å². The van der Waals surface area contributed by atoms with E-state index < -0.39 is 5.97 Å². The normalized spacial score (nSPS) is 10.9. The number of aldehydes is 1. The summed E-state index contributed by atoms with van der Waals surface area (Å²) in [5.41, 5.74) is 0.481. The average molecular weight is 210 g/mol. The maximum atomic E-state index is 11.3. The van der Waals surface area contributed by atoms with Gasteiger partial charge in [-0.2, -0.15) is 0 Å². The molecule has 0 aromatic carbocycles. The zero-order valence-electron chi connectivity index (χ0n) is 8.35. The van der Waals surface area contributed by atoms with Gasteiger partial charge in [-0.15, -0.1) is 0 Å². The van der Waals surface area contributed by atoms with Crippen LogP contribution in [-0.4, -0.2) is 26.5 Å². The molecule has 5 nitrogen and oxygen atoms in total. The van der Waals surface area contributed by atoms with E-state index in [1.54, 1.807) is 0 Å². The fourth-order valence-electron chi connectivity index (χ4n) is 1.08. The van der Waals surface area contributed by atoms with Crippen molar-refractivity contribution in [1.29, 1.82) is 0 Å². The largest absolute Gasteiger partial charge is 0.503 e. The SMILES string of the molecule is CO/C=C(\C(=O)OC)c1ccoc1C=O. The Kier molecular flexibility index (Phi) is 3.68. The Morgan fingerprint density at radius 3 is 2.73 bits per heavy atom. The Morgan fingerprint density at radius 2 is 2.20 bits per heavy atom. The minimum Gasteiger partial charge on any atom is -0.503 e. The molecule has 0 aliphatic heterocycles. The molecule has 15 heavy (non-hydrogen) atoms. The molecule has 0 fully saturated rings. The highest BCUT2D eigenvalue weighted by molar-refractivity contribution is 6.17. The minimum absolute atomic E-state index is 0.0590. The Labute approximate surface area is 86.3 Å². The van der Waals surface area contributed by atoms with Crippen LogP contribution in [0.2, 0.25) is 0 Å². The highest BCUT2D eigenvalue weighted by Crippen LogP contribution is 2.20. The van der Waals surface area contributed by atoms with Crippen LogP contribution in [0.4, 0.5) is 0 Å². The fourth-order valence-corrected chi connectivity index (χ4v) is 1.08. The Balaban J connectivity index is 3.15. The summed E-state index contributed by atoms with van der Waals surface area (Å²) in [4.78, 5) is 21.9. The number of ether oxygens (including phenoxy) is 2. The molecule has 0 saturated heterocycles. The molecule has 0 aliphatic rings. The summed E-state index contributed by atoms with van der Waals surface area (Å²) in [6.45, 7) is 0. The van der Waals surface area contributed by atoms with E-state index in [4.69, 9.17) is 9.15 Å². The van der Waals surface area contributed by atoms with E-state index in [1.165, 1.54) is 32.8 Å². The number of methoxy groups -OCH3 is 2. The van der Waals surface area contributed by atoms with E-state index >= 15 is 0 Å². The van der Waals surface area contributed by atoms with E-state index in [0.717, 1.165) is 0 Å². The van der Waals surface area contributed by atoms with Gasteiger partial charge in [0.05, 0.1) is 26.7 Å². The van der Waals surface area contributed by atoms with Crippen molar-refractivity contribution in [2.75, 3.05) is 14.2 Å². The molecule has 0 unspecified atom stereocenters. The molecule has 0 radical (unpaired) electrons. The molecule has 1 aromatic rings. The zero-order chi connectivity index (χ0) is 11.3. The van der Waals surface area contributed by atoms with Gasteiger partial charge in [0, 0.05) is 5.56 Å². The minimum atomic E-state index is -0.596. The predicted molar refractivity (Wildman–Crippen MR) is 51.1 cm³/mol. The quantitative estimate of drug-likeness (QED) is 0.324. The van der Waals surface area contributed by atoms with Crippen molar-refractivity contribution in [2.24, 2.45) is 0 Å². The first-order valence-corrected chi connectivity index (χ1v) is 4.09. The first kappa shape index (κ1) is 11.0. The van der Waals surface area contributed by atoms with Crippen LogP contribution in [0.25, 0.3) is 5.57 Å². The van der Waals surface area contributed by atoms with E-state index in [1.807, 2.05) is 0 Å². The highest BCUT2D eigenvalue weighted by Gasteiger charge is 2.18. The zero-order valence-corrected chi connectivity index (χ0v) is 8.35. The van der Waals surface area contributed by atoms with Crippen molar-refractivity contribution in [1.82, 2.24) is 0 Å². The van der Waals surface area contributed by atoms with Crippen molar-refractivity contribution < 1.29 is 23.5 Å². The third kappa shape index (κ3) is 2.25. The lowest BCUT2D eigenvalue weighted by Gasteiger charge is -2.02. The van der Waals surface area contributed by atoms with E-state index in [-0.39, 0.29) is 11.3 Å². The maximum Gasteiger partial charge on any atom is 0.341 e. The van der Waals surface area contributed by atoms with E-state index in [9.17, 15) is 9.59 Å². The molecule has 0 amide bonds. The first-order chi connectivity index (χ1) is 7.24. The lowest BCUT2D eigenvalue weighted by atomic mass is 10.1. The van der Waals surface area contributed by atoms with Gasteiger partial charge in [-0.1, -0.05) is 0 Å². The van der Waals surface area contributed by atoms with Crippen LogP contribution in [0, 0.1) is 0 Å².